The normalized spacial score (nSPS) is 12.0. The van der Waals surface area contributed by atoms with Gasteiger partial charge in [0.2, 0.25) is 0 Å². The average Bonchev–Trinajstić information content (AvgIpc) is 3.12. The van der Waals surface area contributed by atoms with Crippen molar-refractivity contribution in [2.75, 3.05) is 6.61 Å². The summed E-state index contributed by atoms with van der Waals surface area (Å²) in [5, 5.41) is 3.05. The number of carbonyl (C=O) groups excluding carboxylic acids is 1. The van der Waals surface area contributed by atoms with Gasteiger partial charge in [-0.15, -0.1) is 0 Å². The number of hydrogen-bond acceptors (Lipinski definition) is 4. The van der Waals surface area contributed by atoms with Crippen LogP contribution in [0, 0.1) is 13.8 Å². The molecule has 0 aliphatic heterocycles. The quantitative estimate of drug-likeness (QED) is 0.479. The Hall–Kier alpha value is -3.67. The number of para-hydroxylation sites is 2. The minimum absolute atomic E-state index is 0.153. The highest BCUT2D eigenvalue weighted by Gasteiger charge is 2.19. The van der Waals surface area contributed by atoms with Gasteiger partial charge in [0.1, 0.15) is 18.2 Å². The van der Waals surface area contributed by atoms with Crippen molar-refractivity contribution in [2.45, 2.75) is 33.4 Å². The number of nitrogens with one attached hydrogen (secondary N) is 1. The molecule has 0 saturated heterocycles. The minimum atomic E-state index is -0.269. The third-order valence-corrected chi connectivity index (χ3v) is 5.14. The van der Waals surface area contributed by atoms with E-state index in [0.29, 0.717) is 18.7 Å². The largest absolute Gasteiger partial charge is 0.492 e. The molecule has 0 aliphatic carbocycles. The summed E-state index contributed by atoms with van der Waals surface area (Å²) < 4.78 is 8.15. The molecule has 1 amide bonds. The SMILES string of the molecule is Cc1cc(C)cc(OCCn2c(C(C)NC(=O)c3ccncc3)nc3ccccc32)c1. The Kier molecular flexibility index (Phi) is 5.98. The van der Waals surface area contributed by atoms with Crippen molar-refractivity contribution in [2.24, 2.45) is 0 Å². The summed E-state index contributed by atoms with van der Waals surface area (Å²) in [6.07, 6.45) is 3.22. The molecule has 2 heterocycles. The molecule has 2 aromatic heterocycles. The molecule has 0 spiro atoms. The summed E-state index contributed by atoms with van der Waals surface area (Å²) in [7, 11) is 0. The summed E-state index contributed by atoms with van der Waals surface area (Å²) in [6.45, 7) is 7.20. The first kappa shape index (κ1) is 20.6. The third-order valence-electron chi connectivity index (χ3n) is 5.14. The van der Waals surface area contributed by atoms with Crippen LogP contribution in [0.3, 0.4) is 0 Å². The van der Waals surface area contributed by atoms with Crippen molar-refractivity contribution < 1.29 is 9.53 Å². The number of ether oxygens (including phenoxy) is 1. The number of fused-ring (bicyclic) bond motifs is 1. The lowest BCUT2D eigenvalue weighted by molar-refractivity contribution is 0.0937. The molecule has 6 nitrogen and oxygen atoms in total. The van der Waals surface area contributed by atoms with Gasteiger partial charge in [0.25, 0.3) is 5.91 Å². The fourth-order valence-electron chi connectivity index (χ4n) is 3.78. The van der Waals surface area contributed by atoms with Gasteiger partial charge in [-0.25, -0.2) is 4.98 Å². The van der Waals surface area contributed by atoms with E-state index < -0.39 is 0 Å². The first-order valence-corrected chi connectivity index (χ1v) is 10.4. The standard InChI is InChI=1S/C25H26N4O2/c1-17-14-18(2)16-21(15-17)31-13-12-29-23-7-5-4-6-22(23)28-24(29)19(3)27-25(30)20-8-10-26-11-9-20/h4-11,14-16,19H,12-13H2,1-3H3,(H,27,30). The second-order valence-corrected chi connectivity index (χ2v) is 7.71. The van der Waals surface area contributed by atoms with Crippen LogP contribution in [0.4, 0.5) is 0 Å². The molecule has 4 aromatic rings. The molecule has 1 atom stereocenters. The van der Waals surface area contributed by atoms with Crippen molar-refractivity contribution in [3.63, 3.8) is 0 Å². The van der Waals surface area contributed by atoms with Crippen molar-refractivity contribution in [1.29, 1.82) is 0 Å². The van der Waals surface area contributed by atoms with Gasteiger partial charge >= 0.3 is 0 Å². The van der Waals surface area contributed by atoms with Gasteiger partial charge < -0.3 is 14.6 Å². The van der Waals surface area contributed by atoms with Crippen LogP contribution in [-0.2, 0) is 6.54 Å². The molecule has 31 heavy (non-hydrogen) atoms. The van der Waals surface area contributed by atoms with Gasteiger partial charge in [0, 0.05) is 18.0 Å². The minimum Gasteiger partial charge on any atom is -0.492 e. The number of benzene rings is 2. The van der Waals surface area contributed by atoms with Gasteiger partial charge in [-0.05, 0) is 68.3 Å². The molecule has 1 unspecified atom stereocenters. The maximum atomic E-state index is 12.6. The van der Waals surface area contributed by atoms with Gasteiger partial charge in [0.15, 0.2) is 0 Å². The Morgan fingerprint density at radius 1 is 1.06 bits per heavy atom. The Balaban J connectivity index is 1.54. The number of amides is 1. The molecule has 0 fully saturated rings. The molecule has 0 bridgehead atoms. The van der Waals surface area contributed by atoms with E-state index in [4.69, 9.17) is 9.72 Å². The van der Waals surface area contributed by atoms with Crippen molar-refractivity contribution in [3.05, 3.63) is 89.5 Å². The molecule has 0 saturated carbocycles. The van der Waals surface area contributed by atoms with Crippen molar-refractivity contribution in [3.8, 4) is 5.75 Å². The molecule has 6 heteroatoms. The lowest BCUT2D eigenvalue weighted by Gasteiger charge is -2.17. The highest BCUT2D eigenvalue weighted by molar-refractivity contribution is 5.94. The van der Waals surface area contributed by atoms with Crippen LogP contribution in [0.1, 0.15) is 40.3 Å². The highest BCUT2D eigenvalue weighted by Crippen LogP contribution is 2.22. The smallest absolute Gasteiger partial charge is 0.251 e. The Labute approximate surface area is 181 Å². The Morgan fingerprint density at radius 2 is 1.77 bits per heavy atom. The Morgan fingerprint density at radius 3 is 2.52 bits per heavy atom. The van der Waals surface area contributed by atoms with E-state index in [2.05, 4.69) is 34.8 Å². The van der Waals surface area contributed by atoms with Gasteiger partial charge in [-0.1, -0.05) is 18.2 Å². The molecule has 2 aromatic carbocycles. The van der Waals surface area contributed by atoms with Gasteiger partial charge in [-0.2, -0.15) is 0 Å². The first-order valence-electron chi connectivity index (χ1n) is 10.4. The van der Waals surface area contributed by atoms with E-state index in [1.165, 1.54) is 11.1 Å². The van der Waals surface area contributed by atoms with Crippen molar-refractivity contribution >= 4 is 16.9 Å². The van der Waals surface area contributed by atoms with Gasteiger partial charge in [-0.3, -0.25) is 9.78 Å². The van der Waals surface area contributed by atoms with Gasteiger partial charge in [0.05, 0.1) is 23.6 Å². The second-order valence-electron chi connectivity index (χ2n) is 7.71. The lowest BCUT2D eigenvalue weighted by Crippen LogP contribution is -2.29. The predicted octanol–water partition coefficient (Wildman–Crippen LogP) is 4.62. The van der Waals surface area contributed by atoms with E-state index in [0.717, 1.165) is 22.6 Å². The van der Waals surface area contributed by atoms with E-state index in [1.54, 1.807) is 24.5 Å². The predicted molar refractivity (Wildman–Crippen MR) is 121 cm³/mol. The summed E-state index contributed by atoms with van der Waals surface area (Å²) in [5.74, 6) is 1.51. The Bertz CT molecular complexity index is 1180. The van der Waals surface area contributed by atoms with Crippen LogP contribution in [0.2, 0.25) is 0 Å². The fraction of sp³-hybridized carbons (Fsp3) is 0.240. The topological polar surface area (TPSA) is 69.0 Å². The van der Waals surface area contributed by atoms with Crippen LogP contribution in [-0.4, -0.2) is 27.0 Å². The number of aryl methyl sites for hydroxylation is 2. The van der Waals surface area contributed by atoms with Crippen LogP contribution in [0.15, 0.2) is 67.0 Å². The summed E-state index contributed by atoms with van der Waals surface area (Å²) in [5.41, 5.74) is 4.84. The zero-order valence-corrected chi connectivity index (χ0v) is 18.0. The number of pyridine rings is 1. The van der Waals surface area contributed by atoms with Crippen LogP contribution < -0.4 is 10.1 Å². The lowest BCUT2D eigenvalue weighted by atomic mass is 10.1. The molecular formula is C25H26N4O2. The number of nitrogens with zero attached hydrogens (tertiary/aromatic N) is 3. The third kappa shape index (κ3) is 4.74. The zero-order valence-electron chi connectivity index (χ0n) is 18.0. The van der Waals surface area contributed by atoms with E-state index in [-0.39, 0.29) is 11.9 Å². The number of imidazole rings is 1. The molecule has 0 radical (unpaired) electrons. The number of carbonyl (C=O) groups is 1. The van der Waals surface area contributed by atoms with Crippen LogP contribution in [0.25, 0.3) is 11.0 Å². The average molecular weight is 415 g/mol. The summed E-state index contributed by atoms with van der Waals surface area (Å²) >= 11 is 0. The summed E-state index contributed by atoms with van der Waals surface area (Å²) in [4.78, 5) is 21.4. The molecule has 158 valence electrons. The maximum Gasteiger partial charge on any atom is 0.251 e. The number of rotatable bonds is 7. The van der Waals surface area contributed by atoms with E-state index in [1.807, 2.05) is 43.3 Å². The number of hydrogen-bond donors (Lipinski definition) is 1. The van der Waals surface area contributed by atoms with Crippen LogP contribution >= 0.6 is 0 Å². The molecule has 1 N–H and O–H groups in total. The monoisotopic (exact) mass is 414 g/mol. The summed E-state index contributed by atoms with van der Waals surface area (Å²) in [6, 6.07) is 17.3. The van der Waals surface area contributed by atoms with Crippen LogP contribution in [0.5, 0.6) is 5.75 Å². The maximum absolute atomic E-state index is 12.6. The number of aromatic nitrogens is 3. The van der Waals surface area contributed by atoms with Crippen molar-refractivity contribution in [1.82, 2.24) is 19.9 Å². The van der Waals surface area contributed by atoms with E-state index >= 15 is 0 Å². The zero-order chi connectivity index (χ0) is 21.8. The molecule has 4 rings (SSSR count). The highest BCUT2D eigenvalue weighted by atomic mass is 16.5. The molecular weight excluding hydrogens is 388 g/mol. The fourth-order valence-corrected chi connectivity index (χ4v) is 3.78. The first-order chi connectivity index (χ1) is 15.0. The second kappa shape index (κ2) is 9.00. The molecule has 0 aliphatic rings. The van der Waals surface area contributed by atoms with E-state index in [9.17, 15) is 4.79 Å².